The van der Waals surface area contributed by atoms with Crippen LogP contribution < -0.4 is 10.1 Å². The first-order valence-corrected chi connectivity index (χ1v) is 11.0. The Kier molecular flexibility index (Phi) is 2.96. The lowest BCUT2D eigenvalue weighted by Gasteiger charge is -2.71. The summed E-state index contributed by atoms with van der Waals surface area (Å²) in [6, 6.07) is 7.25. The van der Waals surface area contributed by atoms with E-state index in [1.165, 1.54) is 24.8 Å². The first-order valence-electron chi connectivity index (χ1n) is 11.0. The van der Waals surface area contributed by atoms with E-state index in [4.69, 9.17) is 4.74 Å². The molecule has 4 aliphatic carbocycles. The van der Waals surface area contributed by atoms with Crippen LogP contribution in [0.15, 0.2) is 18.2 Å². The summed E-state index contributed by atoms with van der Waals surface area (Å²) in [6.45, 7) is 9.80. The van der Waals surface area contributed by atoms with Gasteiger partial charge in [-0.15, -0.1) is 0 Å². The average molecular weight is 368 g/mol. The van der Waals surface area contributed by atoms with Crippen LogP contribution >= 0.6 is 0 Å². The van der Waals surface area contributed by atoms with Crippen LogP contribution in [0, 0.1) is 22.7 Å². The molecule has 4 fully saturated rings. The summed E-state index contributed by atoms with van der Waals surface area (Å²) in [4.78, 5) is 0. The molecule has 4 unspecified atom stereocenters. The lowest BCUT2D eigenvalue weighted by Crippen LogP contribution is -2.77. The van der Waals surface area contributed by atoms with Crippen molar-refractivity contribution in [3.8, 4) is 5.75 Å². The molecule has 3 heteroatoms. The van der Waals surface area contributed by atoms with E-state index in [0.717, 1.165) is 25.1 Å². The normalized spacial score (nSPS) is 45.8. The maximum atomic E-state index is 11.7. The highest BCUT2D eigenvalue weighted by Crippen LogP contribution is 2.74. The van der Waals surface area contributed by atoms with Gasteiger partial charge in [0, 0.05) is 22.9 Å². The molecule has 2 spiro atoms. The van der Waals surface area contributed by atoms with Crippen molar-refractivity contribution in [3.63, 3.8) is 0 Å². The van der Waals surface area contributed by atoms with Crippen LogP contribution in [0.5, 0.6) is 5.75 Å². The minimum atomic E-state index is -0.681. The van der Waals surface area contributed by atoms with Crippen molar-refractivity contribution in [2.24, 2.45) is 22.7 Å². The minimum absolute atomic E-state index is 0.132. The van der Waals surface area contributed by atoms with Crippen molar-refractivity contribution in [2.45, 2.75) is 83.0 Å². The summed E-state index contributed by atoms with van der Waals surface area (Å²) in [7, 11) is 0. The van der Waals surface area contributed by atoms with Crippen LogP contribution in [0.4, 0.5) is 0 Å². The maximum absolute atomic E-state index is 11.7. The molecule has 2 heterocycles. The van der Waals surface area contributed by atoms with Gasteiger partial charge in [-0.05, 0) is 74.0 Å². The van der Waals surface area contributed by atoms with Crippen molar-refractivity contribution in [1.29, 1.82) is 0 Å². The summed E-state index contributed by atoms with van der Waals surface area (Å²) in [5, 5.41) is 15.7. The Morgan fingerprint density at radius 1 is 1.19 bits per heavy atom. The Labute approximate surface area is 162 Å². The molecule has 0 radical (unpaired) electrons. The Balaban J connectivity index is 1.58. The van der Waals surface area contributed by atoms with Crippen LogP contribution in [0.1, 0.15) is 64.5 Å². The maximum Gasteiger partial charge on any atom is 0.123 e. The van der Waals surface area contributed by atoms with Crippen molar-refractivity contribution in [2.75, 3.05) is 6.54 Å². The largest absolute Gasteiger partial charge is 0.489 e. The fraction of sp³-hybridized carbons (Fsp3) is 0.750. The number of rotatable bonds is 1. The molecule has 2 N–H and O–H groups in total. The highest BCUT2D eigenvalue weighted by atomic mass is 16.5. The zero-order valence-corrected chi connectivity index (χ0v) is 17.1. The summed E-state index contributed by atoms with van der Waals surface area (Å²) in [5.41, 5.74) is 2.69. The molecule has 4 bridgehead atoms. The predicted octanol–water partition coefficient (Wildman–Crippen LogP) is 3.82. The highest BCUT2D eigenvalue weighted by molar-refractivity contribution is 5.57. The molecule has 0 amide bonds. The van der Waals surface area contributed by atoms with E-state index < -0.39 is 5.60 Å². The number of fused-ring (bicyclic) bond motifs is 2. The van der Waals surface area contributed by atoms with Gasteiger partial charge < -0.3 is 15.2 Å². The average Bonchev–Trinajstić information content (AvgIpc) is 2.95. The van der Waals surface area contributed by atoms with E-state index in [9.17, 15) is 5.11 Å². The number of hydrogen-bond acceptors (Lipinski definition) is 3. The first-order chi connectivity index (χ1) is 12.7. The Hall–Kier alpha value is -1.06. The number of benzene rings is 1. The third kappa shape index (κ3) is 1.66. The van der Waals surface area contributed by atoms with Crippen LogP contribution in [0.25, 0.3) is 0 Å². The van der Waals surface area contributed by atoms with E-state index in [0.29, 0.717) is 17.9 Å². The number of ether oxygens (including phenoxy) is 1. The molecule has 1 aromatic carbocycles. The molecular formula is C24H33NO2. The van der Waals surface area contributed by atoms with Gasteiger partial charge in [0.05, 0.1) is 5.60 Å². The topological polar surface area (TPSA) is 41.5 Å². The smallest absolute Gasteiger partial charge is 0.123 e. The molecular weight excluding hydrogens is 334 g/mol. The monoisotopic (exact) mass is 367 g/mol. The number of aliphatic hydroxyl groups is 1. The highest BCUT2D eigenvalue weighted by Gasteiger charge is 2.76. The van der Waals surface area contributed by atoms with Gasteiger partial charge in [0.15, 0.2) is 0 Å². The van der Waals surface area contributed by atoms with E-state index in [-0.39, 0.29) is 22.3 Å². The van der Waals surface area contributed by atoms with E-state index in [1.54, 1.807) is 5.56 Å². The second-order valence-electron chi connectivity index (χ2n) is 11.3. The molecule has 146 valence electrons. The molecule has 1 aromatic rings. The standard InChI is InChI=1S/C24H33NO2/c1-21(2,3)22(4,26)16-13-23-9-8-15(16)20-24(23)10-11-25-18(23)12-14-6-5-7-17(27-20)19(14)24/h5-7,15-16,18,20,25-26H,8-13H2,1-4H3/t15?,16?,18-,20+,22?,23?,24+/m1/s1. The van der Waals surface area contributed by atoms with Crippen LogP contribution in [-0.4, -0.2) is 29.4 Å². The van der Waals surface area contributed by atoms with Gasteiger partial charge in [-0.3, -0.25) is 0 Å². The fourth-order valence-corrected chi connectivity index (χ4v) is 8.20. The molecule has 7 atom stereocenters. The minimum Gasteiger partial charge on any atom is -0.489 e. The van der Waals surface area contributed by atoms with Gasteiger partial charge >= 0.3 is 0 Å². The SMILES string of the molecule is CC(C)(C)C(C)(O)C1CC23CCC1[C@@H]1Oc4cccc5c4[C@@]12CCN[C@@H]3C5. The molecule has 2 aliphatic heterocycles. The van der Waals surface area contributed by atoms with Crippen LogP contribution in [0.3, 0.4) is 0 Å². The van der Waals surface area contributed by atoms with Gasteiger partial charge in [0.2, 0.25) is 0 Å². The zero-order valence-electron chi connectivity index (χ0n) is 17.1. The Morgan fingerprint density at radius 3 is 2.78 bits per heavy atom. The predicted molar refractivity (Wildman–Crippen MR) is 106 cm³/mol. The first kappa shape index (κ1) is 16.9. The van der Waals surface area contributed by atoms with Gasteiger partial charge in [-0.2, -0.15) is 0 Å². The van der Waals surface area contributed by atoms with E-state index in [1.807, 2.05) is 0 Å². The number of nitrogens with one attached hydrogen (secondary N) is 1. The van der Waals surface area contributed by atoms with Crippen molar-refractivity contribution in [3.05, 3.63) is 29.3 Å². The summed E-state index contributed by atoms with van der Waals surface area (Å²) < 4.78 is 6.81. The lowest BCUT2D eigenvalue weighted by atomic mass is 9.34. The van der Waals surface area contributed by atoms with Crippen molar-refractivity contribution in [1.82, 2.24) is 5.32 Å². The van der Waals surface area contributed by atoms with Gasteiger partial charge in [0.25, 0.3) is 0 Å². The third-order valence-electron chi connectivity index (χ3n) is 9.84. The van der Waals surface area contributed by atoms with Crippen LogP contribution in [-0.2, 0) is 11.8 Å². The fourth-order valence-electron chi connectivity index (χ4n) is 8.20. The number of hydrogen-bond donors (Lipinski definition) is 2. The molecule has 1 saturated heterocycles. The number of piperidine rings is 1. The molecule has 7 rings (SSSR count). The van der Waals surface area contributed by atoms with Gasteiger partial charge in [0.1, 0.15) is 11.9 Å². The second kappa shape index (κ2) is 4.74. The third-order valence-corrected chi connectivity index (χ3v) is 9.84. The molecule has 0 aromatic heterocycles. The van der Waals surface area contributed by atoms with Gasteiger partial charge in [-0.1, -0.05) is 32.9 Å². The van der Waals surface area contributed by atoms with Crippen molar-refractivity contribution >= 4 is 0 Å². The summed E-state index contributed by atoms with van der Waals surface area (Å²) >= 11 is 0. The van der Waals surface area contributed by atoms with Crippen molar-refractivity contribution < 1.29 is 9.84 Å². The van der Waals surface area contributed by atoms with Crippen LogP contribution in [0.2, 0.25) is 0 Å². The summed E-state index contributed by atoms with van der Waals surface area (Å²) in [6.07, 6.45) is 6.20. The quantitative estimate of drug-likeness (QED) is 0.793. The molecule has 3 saturated carbocycles. The lowest BCUT2D eigenvalue weighted by molar-refractivity contribution is -0.226. The van der Waals surface area contributed by atoms with E-state index in [2.05, 4.69) is 51.2 Å². The zero-order chi connectivity index (χ0) is 18.8. The second-order valence-corrected chi connectivity index (χ2v) is 11.3. The molecule has 27 heavy (non-hydrogen) atoms. The Morgan fingerprint density at radius 2 is 2.00 bits per heavy atom. The summed E-state index contributed by atoms with van der Waals surface area (Å²) in [5.74, 6) is 1.92. The van der Waals surface area contributed by atoms with Gasteiger partial charge in [-0.25, -0.2) is 0 Å². The van der Waals surface area contributed by atoms with E-state index >= 15 is 0 Å². The molecule has 3 nitrogen and oxygen atoms in total. The molecule has 6 aliphatic rings. The Bertz CT molecular complexity index is 824.